The molecule has 0 spiro atoms. The van der Waals surface area contributed by atoms with Gasteiger partial charge in [0.05, 0.1) is 4.92 Å². The van der Waals surface area contributed by atoms with E-state index in [-0.39, 0.29) is 11.6 Å². The van der Waals surface area contributed by atoms with Gasteiger partial charge in [-0.1, -0.05) is 48.5 Å². The minimum atomic E-state index is -0.411. The Bertz CT molecular complexity index is 1180. The molecule has 0 saturated heterocycles. The summed E-state index contributed by atoms with van der Waals surface area (Å²) in [7, 11) is 0. The van der Waals surface area contributed by atoms with Gasteiger partial charge in [-0.2, -0.15) is 0 Å². The maximum atomic E-state index is 12.7. The molecule has 0 aliphatic carbocycles. The number of non-ortho nitro benzene ring substituents is 1. The molecule has 0 fully saturated rings. The molecule has 3 aromatic carbocycles. The van der Waals surface area contributed by atoms with Gasteiger partial charge in [0.2, 0.25) is 0 Å². The quantitative estimate of drug-likeness (QED) is 0.382. The molecule has 4 aromatic rings. The Morgan fingerprint density at radius 1 is 1.07 bits per heavy atom. The van der Waals surface area contributed by atoms with Crippen LogP contribution in [0.4, 0.5) is 10.8 Å². The molecule has 1 heterocycles. The van der Waals surface area contributed by atoms with Crippen LogP contribution < -0.4 is 5.32 Å². The third-order valence-corrected chi connectivity index (χ3v) is 5.22. The lowest BCUT2D eigenvalue weighted by Gasteiger charge is -2.05. The lowest BCUT2D eigenvalue weighted by atomic mass is 10.0. The summed E-state index contributed by atoms with van der Waals surface area (Å²) >= 11 is 1.36. The average molecular weight is 389 g/mol. The second-order valence-corrected chi connectivity index (χ2v) is 7.33. The van der Waals surface area contributed by atoms with Crippen LogP contribution in [0.5, 0.6) is 0 Å². The van der Waals surface area contributed by atoms with Gasteiger partial charge in [-0.15, -0.1) is 11.3 Å². The number of nitro groups is 1. The molecule has 0 aliphatic rings. The second-order valence-electron chi connectivity index (χ2n) is 6.22. The standard InChI is InChI=1S/C21H15N3O3S/c25-20(19-10-4-7-15-6-1-2-9-18(15)19)23-21-22-13-17(28-21)12-14-5-3-8-16(11-14)24(26)27/h1-11,13H,12H2,(H,22,23,25). The van der Waals surface area contributed by atoms with Crippen LogP contribution in [0.15, 0.2) is 72.9 Å². The van der Waals surface area contributed by atoms with Gasteiger partial charge in [0.1, 0.15) is 0 Å². The number of hydrogen-bond donors (Lipinski definition) is 1. The number of benzene rings is 3. The van der Waals surface area contributed by atoms with Gasteiger partial charge in [-0.3, -0.25) is 20.2 Å². The summed E-state index contributed by atoms with van der Waals surface area (Å²) in [6.45, 7) is 0. The highest BCUT2D eigenvalue weighted by atomic mass is 32.1. The number of nitrogens with zero attached hydrogens (tertiary/aromatic N) is 2. The maximum absolute atomic E-state index is 12.7. The van der Waals surface area contributed by atoms with Crippen molar-refractivity contribution in [1.29, 1.82) is 0 Å². The monoisotopic (exact) mass is 389 g/mol. The zero-order valence-corrected chi connectivity index (χ0v) is 15.5. The smallest absolute Gasteiger partial charge is 0.269 e. The van der Waals surface area contributed by atoms with Crippen molar-refractivity contribution in [3.05, 3.63) is 99.0 Å². The molecular weight excluding hydrogens is 374 g/mol. The molecule has 1 aromatic heterocycles. The SMILES string of the molecule is O=C(Nc1ncc(Cc2cccc([N+](=O)[O-])c2)s1)c1cccc2ccccc12. The van der Waals surface area contributed by atoms with Gasteiger partial charge in [0.25, 0.3) is 11.6 Å². The fourth-order valence-electron chi connectivity index (χ4n) is 3.02. The van der Waals surface area contributed by atoms with Gasteiger partial charge >= 0.3 is 0 Å². The molecule has 0 radical (unpaired) electrons. The zero-order valence-electron chi connectivity index (χ0n) is 14.7. The van der Waals surface area contributed by atoms with Gasteiger partial charge in [-0.05, 0) is 22.4 Å². The number of nitrogens with one attached hydrogen (secondary N) is 1. The number of nitro benzene ring substituents is 1. The molecule has 0 saturated carbocycles. The van der Waals surface area contributed by atoms with E-state index >= 15 is 0 Å². The molecule has 28 heavy (non-hydrogen) atoms. The van der Waals surface area contributed by atoms with Gasteiger partial charge in [0, 0.05) is 35.2 Å². The summed E-state index contributed by atoms with van der Waals surface area (Å²) < 4.78 is 0. The largest absolute Gasteiger partial charge is 0.298 e. The zero-order chi connectivity index (χ0) is 19.5. The molecule has 4 rings (SSSR count). The van der Waals surface area contributed by atoms with Crippen LogP contribution in [0.25, 0.3) is 10.8 Å². The van der Waals surface area contributed by atoms with E-state index in [0.29, 0.717) is 17.1 Å². The van der Waals surface area contributed by atoms with Crippen molar-refractivity contribution < 1.29 is 9.72 Å². The van der Waals surface area contributed by atoms with Crippen molar-refractivity contribution in [2.75, 3.05) is 5.32 Å². The van der Waals surface area contributed by atoms with Crippen LogP contribution in [0, 0.1) is 10.1 Å². The third-order valence-electron chi connectivity index (χ3n) is 4.31. The number of hydrogen-bond acceptors (Lipinski definition) is 5. The van der Waals surface area contributed by atoms with E-state index < -0.39 is 4.92 Å². The lowest BCUT2D eigenvalue weighted by Crippen LogP contribution is -2.12. The topological polar surface area (TPSA) is 85.1 Å². The van der Waals surface area contributed by atoms with Crippen LogP contribution in [0.2, 0.25) is 0 Å². The van der Waals surface area contributed by atoms with E-state index in [1.165, 1.54) is 17.4 Å². The summed E-state index contributed by atoms with van der Waals surface area (Å²) in [5, 5.41) is 16.1. The molecule has 0 unspecified atom stereocenters. The number of carbonyl (C=O) groups excluding carboxylic acids is 1. The maximum Gasteiger partial charge on any atom is 0.269 e. The van der Waals surface area contributed by atoms with E-state index in [1.807, 2.05) is 42.5 Å². The normalized spacial score (nSPS) is 10.7. The number of rotatable bonds is 5. The molecule has 0 atom stereocenters. The first kappa shape index (κ1) is 17.8. The Hall–Kier alpha value is -3.58. The molecule has 0 bridgehead atoms. The van der Waals surface area contributed by atoms with Crippen LogP contribution in [-0.4, -0.2) is 15.8 Å². The summed E-state index contributed by atoms with van der Waals surface area (Å²) in [6.07, 6.45) is 2.20. The number of carbonyl (C=O) groups is 1. The Morgan fingerprint density at radius 2 is 1.86 bits per heavy atom. The van der Waals surface area contributed by atoms with Crippen molar-refractivity contribution in [3.63, 3.8) is 0 Å². The molecular formula is C21H15N3O3S. The van der Waals surface area contributed by atoms with Crippen molar-refractivity contribution in [1.82, 2.24) is 4.98 Å². The highest BCUT2D eigenvalue weighted by Gasteiger charge is 2.13. The Kier molecular flexibility index (Phi) is 4.82. The van der Waals surface area contributed by atoms with Crippen LogP contribution >= 0.6 is 11.3 Å². The fraction of sp³-hybridized carbons (Fsp3) is 0.0476. The lowest BCUT2D eigenvalue weighted by molar-refractivity contribution is -0.384. The number of thiazole rings is 1. The molecule has 1 N–H and O–H groups in total. The summed E-state index contributed by atoms with van der Waals surface area (Å²) in [5.41, 5.74) is 1.48. The third kappa shape index (κ3) is 3.74. The first-order chi connectivity index (χ1) is 13.6. The summed E-state index contributed by atoms with van der Waals surface area (Å²) in [4.78, 5) is 28.4. The second kappa shape index (κ2) is 7.58. The van der Waals surface area contributed by atoms with Crippen molar-refractivity contribution in [3.8, 4) is 0 Å². The predicted octanol–water partition coefficient (Wildman–Crippen LogP) is 5.05. The minimum Gasteiger partial charge on any atom is -0.298 e. The Morgan fingerprint density at radius 3 is 2.71 bits per heavy atom. The molecule has 6 nitrogen and oxygen atoms in total. The molecule has 0 aliphatic heterocycles. The highest BCUT2D eigenvalue weighted by Crippen LogP contribution is 2.25. The fourth-order valence-corrected chi connectivity index (χ4v) is 3.86. The van der Waals surface area contributed by atoms with E-state index in [4.69, 9.17) is 0 Å². The van der Waals surface area contributed by atoms with E-state index in [9.17, 15) is 14.9 Å². The van der Waals surface area contributed by atoms with Gasteiger partial charge in [0.15, 0.2) is 5.13 Å². The van der Waals surface area contributed by atoms with Crippen molar-refractivity contribution >= 4 is 38.8 Å². The number of aromatic nitrogens is 1. The van der Waals surface area contributed by atoms with Crippen LogP contribution in [-0.2, 0) is 6.42 Å². The number of amides is 1. The van der Waals surface area contributed by atoms with Crippen LogP contribution in [0.3, 0.4) is 0 Å². The summed E-state index contributed by atoms with van der Waals surface area (Å²) in [6, 6.07) is 19.8. The molecule has 1 amide bonds. The van der Waals surface area contributed by atoms with Gasteiger partial charge in [-0.25, -0.2) is 4.98 Å². The van der Waals surface area contributed by atoms with E-state index in [0.717, 1.165) is 21.2 Å². The van der Waals surface area contributed by atoms with E-state index in [2.05, 4.69) is 10.3 Å². The highest BCUT2D eigenvalue weighted by molar-refractivity contribution is 7.15. The van der Waals surface area contributed by atoms with E-state index in [1.54, 1.807) is 24.4 Å². The first-order valence-corrected chi connectivity index (χ1v) is 9.39. The summed E-state index contributed by atoms with van der Waals surface area (Å²) in [5.74, 6) is -0.215. The molecule has 7 heteroatoms. The average Bonchev–Trinajstić information content (AvgIpc) is 3.14. The Balaban J connectivity index is 1.51. The van der Waals surface area contributed by atoms with Gasteiger partial charge < -0.3 is 0 Å². The molecule has 138 valence electrons. The number of fused-ring (bicyclic) bond motifs is 1. The first-order valence-electron chi connectivity index (χ1n) is 8.57. The Labute approximate surface area is 164 Å². The minimum absolute atomic E-state index is 0.0616. The van der Waals surface area contributed by atoms with Crippen LogP contribution in [0.1, 0.15) is 20.8 Å². The predicted molar refractivity (Wildman–Crippen MR) is 110 cm³/mol. The number of anilines is 1. The van der Waals surface area contributed by atoms with Crippen molar-refractivity contribution in [2.24, 2.45) is 0 Å². The van der Waals surface area contributed by atoms with Crippen molar-refractivity contribution in [2.45, 2.75) is 6.42 Å².